The van der Waals surface area contributed by atoms with Gasteiger partial charge in [-0.2, -0.15) is 0 Å². The van der Waals surface area contributed by atoms with Crippen LogP contribution in [0.5, 0.6) is 0 Å². The zero-order chi connectivity index (χ0) is 21.7. The molecule has 1 atom stereocenters. The molecule has 4 saturated carbocycles. The van der Waals surface area contributed by atoms with Gasteiger partial charge in [0.05, 0.1) is 0 Å². The molecule has 31 heavy (non-hydrogen) atoms. The van der Waals surface area contributed by atoms with E-state index in [2.05, 4.69) is 38.1 Å². The summed E-state index contributed by atoms with van der Waals surface area (Å²) in [6, 6.07) is 9.49. The molecule has 0 amide bonds. The number of fused-ring (bicyclic) bond motifs is 3. The molecule has 0 aromatic heterocycles. The highest BCUT2D eigenvalue weighted by Gasteiger charge is 2.52. The predicted octanol–water partition coefficient (Wildman–Crippen LogP) is 9.56. The van der Waals surface area contributed by atoms with Crippen LogP contribution in [0.15, 0.2) is 24.3 Å². The molecule has 0 spiro atoms. The second-order valence-corrected chi connectivity index (χ2v) is 11.7. The Labute approximate surface area is 191 Å². The largest absolute Gasteiger partial charge is 0.247 e. The van der Waals surface area contributed by atoms with E-state index in [4.69, 9.17) is 0 Å². The molecule has 5 rings (SSSR count). The van der Waals surface area contributed by atoms with Gasteiger partial charge in [-0.05, 0) is 118 Å². The number of aryl methyl sites for hydroxylation is 1. The average Bonchev–Trinajstić information content (AvgIpc) is 2.81. The Hall–Kier alpha value is -0.850. The fourth-order valence-electron chi connectivity index (χ4n) is 7.48. The lowest BCUT2D eigenvalue weighted by Gasteiger charge is -2.55. The van der Waals surface area contributed by atoms with Crippen LogP contribution in [0.4, 0.5) is 4.39 Å². The Morgan fingerprint density at radius 2 is 1.48 bits per heavy atom. The first kappa shape index (κ1) is 23.3. The molecule has 0 saturated heterocycles. The van der Waals surface area contributed by atoms with Crippen molar-refractivity contribution in [3.63, 3.8) is 0 Å². The van der Waals surface area contributed by atoms with Crippen molar-refractivity contribution in [1.29, 1.82) is 0 Å². The Morgan fingerprint density at radius 1 is 0.839 bits per heavy atom. The van der Waals surface area contributed by atoms with Crippen molar-refractivity contribution in [3.05, 3.63) is 35.4 Å². The van der Waals surface area contributed by atoms with Crippen molar-refractivity contribution in [2.45, 2.75) is 135 Å². The fourth-order valence-corrected chi connectivity index (χ4v) is 7.48. The van der Waals surface area contributed by atoms with E-state index in [1.54, 1.807) is 0 Å². The molecule has 1 aromatic carbocycles. The Morgan fingerprint density at radius 3 is 2.06 bits per heavy atom. The van der Waals surface area contributed by atoms with Gasteiger partial charge in [0.25, 0.3) is 0 Å². The summed E-state index contributed by atoms with van der Waals surface area (Å²) in [6.07, 6.45) is 20.6. The smallest absolute Gasteiger partial charge is 0.106 e. The minimum absolute atomic E-state index is 0.0555. The van der Waals surface area contributed by atoms with Gasteiger partial charge in [0, 0.05) is 5.41 Å². The number of benzene rings is 1. The first-order valence-electron chi connectivity index (χ1n) is 13.8. The van der Waals surface area contributed by atoms with Gasteiger partial charge in [-0.15, -0.1) is 0 Å². The predicted molar refractivity (Wildman–Crippen MR) is 131 cm³/mol. The van der Waals surface area contributed by atoms with Gasteiger partial charge in [-0.1, -0.05) is 57.4 Å². The van der Waals surface area contributed by atoms with E-state index >= 15 is 4.39 Å². The van der Waals surface area contributed by atoms with Crippen LogP contribution >= 0.6 is 0 Å². The van der Waals surface area contributed by atoms with E-state index in [1.165, 1.54) is 114 Å². The summed E-state index contributed by atoms with van der Waals surface area (Å²) < 4.78 is 15.7. The Balaban J connectivity index is 1.23. The molecule has 0 radical (unpaired) electrons. The van der Waals surface area contributed by atoms with Crippen LogP contribution in [0.2, 0.25) is 0 Å². The third-order valence-corrected chi connectivity index (χ3v) is 9.81. The summed E-state index contributed by atoms with van der Waals surface area (Å²) >= 11 is 0. The fraction of sp³-hybridized carbons (Fsp3) is 0.800. The SMILES string of the molecule is CCCCCc1ccc([C@H]2CC[C@H](CC(F)C34CCC(CCC)(CC3)CC4)CC2)cc1. The van der Waals surface area contributed by atoms with Gasteiger partial charge in [0.2, 0.25) is 0 Å². The number of halogens is 1. The zero-order valence-corrected chi connectivity index (χ0v) is 20.4. The molecule has 4 aliphatic carbocycles. The summed E-state index contributed by atoms with van der Waals surface area (Å²) in [7, 11) is 0. The van der Waals surface area contributed by atoms with E-state index in [0.29, 0.717) is 17.3 Å². The maximum atomic E-state index is 15.7. The van der Waals surface area contributed by atoms with Crippen molar-refractivity contribution in [2.75, 3.05) is 0 Å². The van der Waals surface area contributed by atoms with Gasteiger partial charge in [-0.3, -0.25) is 0 Å². The second-order valence-electron chi connectivity index (χ2n) is 11.7. The van der Waals surface area contributed by atoms with E-state index in [-0.39, 0.29) is 5.41 Å². The van der Waals surface area contributed by atoms with Crippen molar-refractivity contribution in [2.24, 2.45) is 16.7 Å². The summed E-state index contributed by atoms with van der Waals surface area (Å²) in [5.74, 6) is 1.33. The van der Waals surface area contributed by atoms with Gasteiger partial charge in [-0.25, -0.2) is 4.39 Å². The summed E-state index contributed by atoms with van der Waals surface area (Å²) in [6.45, 7) is 4.59. The third kappa shape index (κ3) is 5.39. The molecule has 4 fully saturated rings. The van der Waals surface area contributed by atoms with Crippen molar-refractivity contribution in [1.82, 2.24) is 0 Å². The molecule has 0 nitrogen and oxygen atoms in total. The molecular formula is C30H47F. The molecule has 0 aliphatic heterocycles. The Kier molecular flexibility index (Phi) is 7.81. The van der Waals surface area contributed by atoms with Crippen molar-refractivity contribution >= 4 is 0 Å². The minimum Gasteiger partial charge on any atom is -0.247 e. The molecule has 0 heterocycles. The number of unbranched alkanes of at least 4 members (excludes halogenated alkanes) is 2. The lowest BCUT2D eigenvalue weighted by molar-refractivity contribution is -0.0695. The number of hydrogen-bond acceptors (Lipinski definition) is 0. The van der Waals surface area contributed by atoms with Crippen LogP contribution in [0, 0.1) is 16.7 Å². The molecule has 1 heteroatoms. The molecule has 1 aromatic rings. The Bertz CT molecular complexity index is 642. The van der Waals surface area contributed by atoms with Gasteiger partial charge >= 0.3 is 0 Å². The summed E-state index contributed by atoms with van der Waals surface area (Å²) in [4.78, 5) is 0. The van der Waals surface area contributed by atoms with E-state index in [9.17, 15) is 0 Å². The van der Waals surface area contributed by atoms with E-state index in [1.807, 2.05) is 0 Å². The third-order valence-electron chi connectivity index (χ3n) is 9.81. The number of rotatable bonds is 10. The van der Waals surface area contributed by atoms with Crippen LogP contribution in [-0.4, -0.2) is 6.17 Å². The zero-order valence-electron chi connectivity index (χ0n) is 20.4. The normalized spacial score (nSPS) is 34.0. The monoisotopic (exact) mass is 426 g/mol. The highest BCUT2D eigenvalue weighted by molar-refractivity contribution is 5.26. The second kappa shape index (κ2) is 10.4. The highest BCUT2D eigenvalue weighted by Crippen LogP contribution is 2.61. The molecule has 2 bridgehead atoms. The van der Waals surface area contributed by atoms with Gasteiger partial charge in [0.15, 0.2) is 0 Å². The van der Waals surface area contributed by atoms with E-state index in [0.717, 1.165) is 6.42 Å². The number of hydrogen-bond donors (Lipinski definition) is 0. The first-order chi connectivity index (χ1) is 15.1. The average molecular weight is 427 g/mol. The molecule has 1 unspecified atom stereocenters. The topological polar surface area (TPSA) is 0 Å². The highest BCUT2D eigenvalue weighted by atomic mass is 19.1. The summed E-state index contributed by atoms with van der Waals surface area (Å²) in [5, 5.41) is 0. The quantitative estimate of drug-likeness (QED) is 0.327. The van der Waals surface area contributed by atoms with Crippen LogP contribution in [-0.2, 0) is 6.42 Å². The summed E-state index contributed by atoms with van der Waals surface area (Å²) in [5.41, 5.74) is 3.67. The maximum absolute atomic E-state index is 15.7. The van der Waals surface area contributed by atoms with Crippen LogP contribution in [0.1, 0.15) is 134 Å². The standard InChI is InChI=1S/C30H47F/c1-3-5-6-7-24-8-12-26(13-9-24)27-14-10-25(11-15-27)23-28(31)30-20-17-29(16-4-2,18-21-30)19-22-30/h8-9,12-13,25,27-28H,3-7,10-11,14-23H2,1-2H3/t25-,27-,28?,29?,30?. The van der Waals surface area contributed by atoms with Crippen LogP contribution < -0.4 is 0 Å². The minimum atomic E-state index is -0.545. The van der Waals surface area contributed by atoms with Crippen LogP contribution in [0.25, 0.3) is 0 Å². The molecule has 174 valence electrons. The number of alkyl halides is 1. The molecule has 0 N–H and O–H groups in total. The van der Waals surface area contributed by atoms with Crippen molar-refractivity contribution in [3.8, 4) is 0 Å². The lowest BCUT2D eigenvalue weighted by atomic mass is 9.51. The van der Waals surface area contributed by atoms with Crippen LogP contribution in [0.3, 0.4) is 0 Å². The van der Waals surface area contributed by atoms with Gasteiger partial charge < -0.3 is 0 Å². The first-order valence-corrected chi connectivity index (χ1v) is 13.8. The lowest BCUT2D eigenvalue weighted by Crippen LogP contribution is -2.47. The van der Waals surface area contributed by atoms with Gasteiger partial charge in [0.1, 0.15) is 6.17 Å². The maximum Gasteiger partial charge on any atom is 0.106 e. The van der Waals surface area contributed by atoms with E-state index < -0.39 is 6.17 Å². The molecular weight excluding hydrogens is 379 g/mol. The molecule has 4 aliphatic rings. The van der Waals surface area contributed by atoms with Crippen molar-refractivity contribution < 1.29 is 4.39 Å².